The fourth-order valence-electron chi connectivity index (χ4n) is 4.74. The minimum atomic E-state index is -0.157. The van der Waals surface area contributed by atoms with Gasteiger partial charge in [-0.05, 0) is 67.6 Å². The highest BCUT2D eigenvalue weighted by Crippen LogP contribution is 2.30. The molecule has 1 amide bonds. The van der Waals surface area contributed by atoms with Crippen LogP contribution in [0.15, 0.2) is 53.2 Å². The monoisotopic (exact) mass is 442 g/mol. The van der Waals surface area contributed by atoms with Gasteiger partial charge in [-0.15, -0.1) is 0 Å². The van der Waals surface area contributed by atoms with Gasteiger partial charge in [-0.3, -0.25) is 4.79 Å². The standard InChI is InChI=1S/C25H26N6O2/c32-25(20-4-2-12-27-20)30-23-18-10-9-17(13-22(18)33-31-23)15-5-7-16(8-6-15)21-14-28-24(29-21)19-3-1-11-26-19/h5-10,13-14,19-20,26-27H,1-4,11-12H2,(H,28,29)(H,30,31,32). The highest BCUT2D eigenvalue weighted by Gasteiger charge is 2.24. The normalized spacial score (nSPS) is 20.5. The van der Waals surface area contributed by atoms with Crippen molar-refractivity contribution in [3.8, 4) is 22.4 Å². The van der Waals surface area contributed by atoms with Crippen molar-refractivity contribution in [3.63, 3.8) is 0 Å². The second-order valence-corrected chi connectivity index (χ2v) is 8.79. The second-order valence-electron chi connectivity index (χ2n) is 8.79. The zero-order valence-corrected chi connectivity index (χ0v) is 18.2. The van der Waals surface area contributed by atoms with Crippen molar-refractivity contribution in [3.05, 3.63) is 54.5 Å². The maximum atomic E-state index is 12.4. The van der Waals surface area contributed by atoms with Crippen LogP contribution in [-0.4, -0.2) is 40.2 Å². The van der Waals surface area contributed by atoms with E-state index in [9.17, 15) is 4.79 Å². The van der Waals surface area contributed by atoms with Crippen molar-refractivity contribution in [2.75, 3.05) is 18.4 Å². The van der Waals surface area contributed by atoms with Gasteiger partial charge in [0.2, 0.25) is 5.91 Å². The number of H-pyrrole nitrogens is 1. The zero-order chi connectivity index (χ0) is 22.2. The fraction of sp³-hybridized carbons (Fsp3) is 0.320. The van der Waals surface area contributed by atoms with Crippen LogP contribution >= 0.6 is 0 Å². The molecule has 2 fully saturated rings. The molecular weight excluding hydrogens is 416 g/mol. The van der Waals surface area contributed by atoms with Gasteiger partial charge in [-0.25, -0.2) is 4.98 Å². The molecule has 4 N–H and O–H groups in total. The van der Waals surface area contributed by atoms with Crippen LogP contribution in [0.3, 0.4) is 0 Å². The Balaban J connectivity index is 1.20. The number of carbonyl (C=O) groups is 1. The Kier molecular flexibility index (Phi) is 5.16. The third kappa shape index (κ3) is 3.92. The maximum absolute atomic E-state index is 12.4. The minimum absolute atomic E-state index is 0.0620. The Labute approximate surface area is 191 Å². The van der Waals surface area contributed by atoms with Gasteiger partial charge in [0, 0.05) is 0 Å². The number of carbonyl (C=O) groups excluding carboxylic acids is 1. The van der Waals surface area contributed by atoms with Gasteiger partial charge in [0.1, 0.15) is 5.82 Å². The summed E-state index contributed by atoms with van der Waals surface area (Å²) in [5, 5.41) is 14.4. The Morgan fingerprint density at radius 1 is 0.970 bits per heavy atom. The third-order valence-corrected chi connectivity index (χ3v) is 6.61. The molecule has 2 atom stereocenters. The number of benzene rings is 2. The zero-order valence-electron chi connectivity index (χ0n) is 18.2. The van der Waals surface area contributed by atoms with E-state index in [0.717, 1.165) is 65.9 Å². The molecule has 0 spiro atoms. The molecule has 4 aromatic rings. The molecule has 2 aliphatic rings. The molecule has 0 saturated carbocycles. The van der Waals surface area contributed by atoms with Gasteiger partial charge in [0.05, 0.1) is 29.4 Å². The first-order valence-corrected chi connectivity index (χ1v) is 11.6. The van der Waals surface area contributed by atoms with Crippen LogP contribution in [-0.2, 0) is 4.79 Å². The van der Waals surface area contributed by atoms with Crippen LogP contribution in [0.5, 0.6) is 0 Å². The summed E-state index contributed by atoms with van der Waals surface area (Å²) in [4.78, 5) is 20.4. The number of nitrogens with one attached hydrogen (secondary N) is 4. The number of hydrogen-bond acceptors (Lipinski definition) is 6. The van der Waals surface area contributed by atoms with Crippen molar-refractivity contribution < 1.29 is 9.32 Å². The molecule has 6 rings (SSSR count). The number of rotatable bonds is 5. The topological polar surface area (TPSA) is 108 Å². The van der Waals surface area contributed by atoms with Crippen LogP contribution in [0.25, 0.3) is 33.4 Å². The second kappa shape index (κ2) is 8.46. The molecule has 0 aliphatic carbocycles. The third-order valence-electron chi connectivity index (χ3n) is 6.61. The van der Waals surface area contributed by atoms with Crippen LogP contribution in [0.4, 0.5) is 5.82 Å². The lowest BCUT2D eigenvalue weighted by Gasteiger charge is -2.09. The molecule has 2 unspecified atom stereocenters. The highest BCUT2D eigenvalue weighted by atomic mass is 16.5. The van der Waals surface area contributed by atoms with E-state index >= 15 is 0 Å². The van der Waals surface area contributed by atoms with Gasteiger partial charge in [0.15, 0.2) is 11.4 Å². The van der Waals surface area contributed by atoms with Gasteiger partial charge >= 0.3 is 0 Å². The van der Waals surface area contributed by atoms with Crippen LogP contribution in [0.1, 0.15) is 37.5 Å². The van der Waals surface area contributed by atoms with Gasteiger partial charge in [0.25, 0.3) is 0 Å². The molecule has 8 heteroatoms. The number of aromatic nitrogens is 3. The number of aromatic amines is 1. The number of nitrogens with zero attached hydrogens (tertiary/aromatic N) is 2. The number of imidazole rings is 1. The lowest BCUT2D eigenvalue weighted by atomic mass is 10.0. The van der Waals surface area contributed by atoms with E-state index in [0.29, 0.717) is 17.4 Å². The van der Waals surface area contributed by atoms with Crippen molar-refractivity contribution in [1.82, 2.24) is 25.8 Å². The van der Waals surface area contributed by atoms with Crippen molar-refractivity contribution in [2.24, 2.45) is 0 Å². The van der Waals surface area contributed by atoms with E-state index < -0.39 is 0 Å². The van der Waals surface area contributed by atoms with E-state index in [-0.39, 0.29) is 11.9 Å². The van der Waals surface area contributed by atoms with Crippen molar-refractivity contribution >= 4 is 22.7 Å². The molecule has 33 heavy (non-hydrogen) atoms. The Morgan fingerprint density at radius 2 is 1.76 bits per heavy atom. The first kappa shape index (κ1) is 20.1. The summed E-state index contributed by atoms with van der Waals surface area (Å²) in [6.45, 7) is 1.93. The first-order valence-electron chi connectivity index (χ1n) is 11.6. The fourth-order valence-corrected chi connectivity index (χ4v) is 4.74. The van der Waals surface area contributed by atoms with Crippen molar-refractivity contribution in [1.29, 1.82) is 0 Å². The van der Waals surface area contributed by atoms with Crippen LogP contribution in [0.2, 0.25) is 0 Å². The first-order chi connectivity index (χ1) is 16.2. The van der Waals surface area contributed by atoms with Crippen LogP contribution < -0.4 is 16.0 Å². The molecule has 2 aromatic heterocycles. The smallest absolute Gasteiger partial charge is 0.242 e. The molecule has 0 radical (unpaired) electrons. The predicted octanol–water partition coefficient (Wildman–Crippen LogP) is 4.00. The predicted molar refractivity (Wildman–Crippen MR) is 127 cm³/mol. The summed E-state index contributed by atoms with van der Waals surface area (Å²) in [6.07, 6.45) is 6.08. The van der Waals surface area contributed by atoms with E-state index in [2.05, 4.69) is 55.3 Å². The summed E-state index contributed by atoms with van der Waals surface area (Å²) in [6, 6.07) is 14.5. The molecule has 8 nitrogen and oxygen atoms in total. The number of hydrogen-bond donors (Lipinski definition) is 4. The van der Waals surface area contributed by atoms with Crippen LogP contribution in [0, 0.1) is 0 Å². The molecular formula is C25H26N6O2. The summed E-state index contributed by atoms with van der Waals surface area (Å²) in [5.41, 5.74) is 4.87. The van der Waals surface area contributed by atoms with Gasteiger partial charge < -0.3 is 25.5 Å². The summed E-state index contributed by atoms with van der Waals surface area (Å²) in [5.74, 6) is 1.42. The maximum Gasteiger partial charge on any atom is 0.242 e. The molecule has 2 saturated heterocycles. The average Bonchev–Trinajstić information content (AvgIpc) is 3.66. The number of amides is 1. The van der Waals surface area contributed by atoms with Gasteiger partial charge in [-0.2, -0.15) is 0 Å². The SMILES string of the molecule is O=C(Nc1noc2cc(-c3ccc(-c4cnc(C5CCCN5)[nH]4)cc3)ccc12)C1CCCN1. The van der Waals surface area contributed by atoms with E-state index in [4.69, 9.17) is 4.52 Å². The quantitative estimate of drug-likeness (QED) is 0.372. The highest BCUT2D eigenvalue weighted by molar-refractivity contribution is 6.01. The molecule has 2 aliphatic heterocycles. The molecule has 2 aromatic carbocycles. The van der Waals surface area contributed by atoms with E-state index in [1.807, 2.05) is 24.4 Å². The number of anilines is 1. The lowest BCUT2D eigenvalue weighted by molar-refractivity contribution is -0.117. The Bertz CT molecular complexity index is 1280. The Morgan fingerprint density at radius 3 is 2.55 bits per heavy atom. The van der Waals surface area contributed by atoms with Crippen molar-refractivity contribution in [2.45, 2.75) is 37.8 Å². The molecule has 168 valence electrons. The van der Waals surface area contributed by atoms with E-state index in [1.165, 1.54) is 6.42 Å². The molecule has 0 bridgehead atoms. The Hall–Kier alpha value is -3.49. The minimum Gasteiger partial charge on any atom is -0.354 e. The largest absolute Gasteiger partial charge is 0.354 e. The van der Waals surface area contributed by atoms with Gasteiger partial charge in [-0.1, -0.05) is 35.5 Å². The lowest BCUT2D eigenvalue weighted by Crippen LogP contribution is -2.35. The summed E-state index contributed by atoms with van der Waals surface area (Å²) in [7, 11) is 0. The molecule has 4 heterocycles. The summed E-state index contributed by atoms with van der Waals surface area (Å²) >= 11 is 0. The number of fused-ring (bicyclic) bond motifs is 1. The van der Waals surface area contributed by atoms with E-state index in [1.54, 1.807) is 0 Å². The summed E-state index contributed by atoms with van der Waals surface area (Å²) < 4.78 is 5.51. The average molecular weight is 443 g/mol.